The van der Waals surface area contributed by atoms with Gasteiger partial charge in [0, 0.05) is 16.3 Å². The average molecular weight is 317 g/mol. The Morgan fingerprint density at radius 1 is 1.05 bits per heavy atom. The molecule has 0 saturated heterocycles. The molecule has 2 aromatic carbocycles. The van der Waals surface area contributed by atoms with E-state index in [-0.39, 0.29) is 0 Å². The van der Waals surface area contributed by atoms with Gasteiger partial charge in [-0.05, 0) is 24.5 Å². The molecule has 1 heterocycles. The van der Waals surface area contributed by atoms with Crippen LogP contribution >= 0.6 is 15.9 Å². The van der Waals surface area contributed by atoms with E-state index in [1.165, 1.54) is 11.1 Å². The fraction of sp³-hybridized carbons (Fsp3) is 0.294. The third-order valence-corrected chi connectivity index (χ3v) is 4.72. The van der Waals surface area contributed by atoms with Crippen molar-refractivity contribution < 1.29 is 4.74 Å². The Morgan fingerprint density at radius 2 is 1.79 bits per heavy atom. The van der Waals surface area contributed by atoms with E-state index in [0.717, 1.165) is 25.2 Å². The quantitative estimate of drug-likeness (QED) is 0.715. The number of halogens is 1. The highest BCUT2D eigenvalue weighted by atomic mass is 79.9. The molecular formula is C17H17BrO. The summed E-state index contributed by atoms with van der Waals surface area (Å²) in [7, 11) is 0. The van der Waals surface area contributed by atoms with Crippen molar-refractivity contribution in [2.75, 3.05) is 6.61 Å². The molecule has 0 aromatic heterocycles. The van der Waals surface area contributed by atoms with Crippen LogP contribution in [0.1, 0.15) is 34.7 Å². The molecule has 2 aromatic rings. The lowest BCUT2D eigenvalue weighted by molar-refractivity contribution is 0.323. The van der Waals surface area contributed by atoms with Crippen LogP contribution in [0.3, 0.4) is 0 Å². The van der Waals surface area contributed by atoms with Crippen LogP contribution in [0.15, 0.2) is 54.6 Å². The molecule has 0 amide bonds. The Bertz CT molecular complexity index is 538. The zero-order valence-corrected chi connectivity index (χ0v) is 12.3. The highest BCUT2D eigenvalue weighted by Gasteiger charge is 2.24. The third kappa shape index (κ3) is 2.84. The SMILES string of the molecule is BrC(CCC1COc2ccccc21)c1ccccc1. The maximum absolute atomic E-state index is 5.73. The molecule has 2 atom stereocenters. The number of ether oxygens (including phenoxy) is 1. The van der Waals surface area contributed by atoms with Crippen LogP contribution in [0.5, 0.6) is 5.75 Å². The highest BCUT2D eigenvalue weighted by molar-refractivity contribution is 9.09. The molecular weight excluding hydrogens is 300 g/mol. The monoisotopic (exact) mass is 316 g/mol. The van der Waals surface area contributed by atoms with Gasteiger partial charge in [0.2, 0.25) is 0 Å². The summed E-state index contributed by atoms with van der Waals surface area (Å²) in [6.45, 7) is 0.827. The van der Waals surface area contributed by atoms with E-state index in [4.69, 9.17) is 4.74 Å². The first-order chi connectivity index (χ1) is 9.34. The summed E-state index contributed by atoms with van der Waals surface area (Å²) in [6.07, 6.45) is 2.29. The summed E-state index contributed by atoms with van der Waals surface area (Å²) in [5.41, 5.74) is 2.73. The van der Waals surface area contributed by atoms with Crippen LogP contribution in [-0.4, -0.2) is 6.61 Å². The average Bonchev–Trinajstić information content (AvgIpc) is 2.89. The van der Waals surface area contributed by atoms with Crippen LogP contribution in [-0.2, 0) is 0 Å². The first-order valence-corrected chi connectivity index (χ1v) is 7.67. The molecule has 0 spiro atoms. The first kappa shape index (κ1) is 12.7. The second-order valence-electron chi connectivity index (χ2n) is 5.00. The molecule has 1 aliphatic rings. The maximum Gasteiger partial charge on any atom is 0.122 e. The summed E-state index contributed by atoms with van der Waals surface area (Å²) in [4.78, 5) is 0.432. The molecule has 3 rings (SSSR count). The second-order valence-corrected chi connectivity index (χ2v) is 6.11. The van der Waals surface area contributed by atoms with Crippen molar-refractivity contribution in [2.24, 2.45) is 0 Å². The molecule has 1 nitrogen and oxygen atoms in total. The smallest absolute Gasteiger partial charge is 0.122 e. The van der Waals surface area contributed by atoms with E-state index >= 15 is 0 Å². The van der Waals surface area contributed by atoms with Crippen molar-refractivity contribution in [3.8, 4) is 5.75 Å². The van der Waals surface area contributed by atoms with Crippen LogP contribution in [0, 0.1) is 0 Å². The van der Waals surface area contributed by atoms with Gasteiger partial charge in [-0.15, -0.1) is 0 Å². The zero-order chi connectivity index (χ0) is 13.1. The summed E-state index contributed by atoms with van der Waals surface area (Å²) in [6, 6.07) is 19.0. The highest BCUT2D eigenvalue weighted by Crippen LogP contribution is 2.39. The Kier molecular flexibility index (Phi) is 3.88. The van der Waals surface area contributed by atoms with E-state index in [9.17, 15) is 0 Å². The van der Waals surface area contributed by atoms with Crippen LogP contribution in [0.2, 0.25) is 0 Å². The molecule has 0 radical (unpaired) electrons. The van der Waals surface area contributed by atoms with E-state index in [0.29, 0.717) is 10.7 Å². The molecule has 2 heteroatoms. The van der Waals surface area contributed by atoms with Gasteiger partial charge in [0.1, 0.15) is 5.75 Å². The van der Waals surface area contributed by atoms with Gasteiger partial charge in [-0.25, -0.2) is 0 Å². The van der Waals surface area contributed by atoms with Crippen molar-refractivity contribution in [1.29, 1.82) is 0 Å². The van der Waals surface area contributed by atoms with Gasteiger partial charge in [-0.2, -0.15) is 0 Å². The minimum Gasteiger partial charge on any atom is -0.493 e. The number of benzene rings is 2. The van der Waals surface area contributed by atoms with Crippen molar-refractivity contribution in [2.45, 2.75) is 23.6 Å². The predicted molar refractivity (Wildman–Crippen MR) is 82.0 cm³/mol. The van der Waals surface area contributed by atoms with E-state index in [2.05, 4.69) is 64.5 Å². The Balaban J connectivity index is 1.62. The standard InChI is InChI=1S/C17H17BrO/c18-16(13-6-2-1-3-7-13)11-10-14-12-19-17-9-5-4-8-15(14)17/h1-9,14,16H,10-12H2. The summed E-state index contributed by atoms with van der Waals surface area (Å²) < 4.78 is 5.73. The number of para-hydroxylation sites is 1. The molecule has 0 saturated carbocycles. The topological polar surface area (TPSA) is 9.23 Å². The Hall–Kier alpha value is -1.28. The van der Waals surface area contributed by atoms with Crippen LogP contribution in [0.25, 0.3) is 0 Å². The normalized spacial score (nSPS) is 18.7. The number of rotatable bonds is 4. The Morgan fingerprint density at radius 3 is 2.63 bits per heavy atom. The number of fused-ring (bicyclic) bond motifs is 1. The van der Waals surface area contributed by atoms with Gasteiger partial charge in [-0.3, -0.25) is 0 Å². The number of alkyl halides is 1. The van der Waals surface area contributed by atoms with Crippen molar-refractivity contribution in [3.05, 3.63) is 65.7 Å². The summed E-state index contributed by atoms with van der Waals surface area (Å²) >= 11 is 3.79. The van der Waals surface area contributed by atoms with Gasteiger partial charge < -0.3 is 4.74 Å². The molecule has 0 fully saturated rings. The van der Waals surface area contributed by atoms with E-state index < -0.39 is 0 Å². The maximum atomic E-state index is 5.73. The molecule has 0 bridgehead atoms. The van der Waals surface area contributed by atoms with Crippen molar-refractivity contribution in [1.82, 2.24) is 0 Å². The lowest BCUT2D eigenvalue weighted by Gasteiger charge is -2.13. The molecule has 1 aliphatic heterocycles. The fourth-order valence-corrected chi connectivity index (χ4v) is 3.21. The van der Waals surface area contributed by atoms with Gasteiger partial charge in [0.05, 0.1) is 6.61 Å². The van der Waals surface area contributed by atoms with Gasteiger partial charge in [0.15, 0.2) is 0 Å². The summed E-state index contributed by atoms with van der Waals surface area (Å²) in [5, 5.41) is 0. The lowest BCUT2D eigenvalue weighted by Crippen LogP contribution is -2.02. The molecule has 2 unspecified atom stereocenters. The van der Waals surface area contributed by atoms with E-state index in [1.807, 2.05) is 6.07 Å². The zero-order valence-electron chi connectivity index (χ0n) is 10.8. The largest absolute Gasteiger partial charge is 0.493 e. The fourth-order valence-electron chi connectivity index (χ4n) is 2.64. The predicted octanol–water partition coefficient (Wildman–Crippen LogP) is 5.08. The van der Waals surface area contributed by atoms with Crippen LogP contribution in [0.4, 0.5) is 0 Å². The minimum absolute atomic E-state index is 0.432. The minimum atomic E-state index is 0.432. The van der Waals surface area contributed by atoms with Gasteiger partial charge >= 0.3 is 0 Å². The molecule has 98 valence electrons. The van der Waals surface area contributed by atoms with Gasteiger partial charge in [-0.1, -0.05) is 64.5 Å². The molecule has 19 heavy (non-hydrogen) atoms. The first-order valence-electron chi connectivity index (χ1n) is 6.75. The molecule has 0 aliphatic carbocycles. The van der Waals surface area contributed by atoms with Crippen molar-refractivity contribution >= 4 is 15.9 Å². The molecule has 0 N–H and O–H groups in total. The third-order valence-electron chi connectivity index (χ3n) is 3.73. The summed E-state index contributed by atoms with van der Waals surface area (Å²) in [5.74, 6) is 1.61. The number of hydrogen-bond acceptors (Lipinski definition) is 1. The lowest BCUT2D eigenvalue weighted by atomic mass is 9.94. The number of hydrogen-bond donors (Lipinski definition) is 0. The Labute approximate surface area is 122 Å². The second kappa shape index (κ2) is 5.79. The van der Waals surface area contributed by atoms with Gasteiger partial charge in [0.25, 0.3) is 0 Å². The van der Waals surface area contributed by atoms with E-state index in [1.54, 1.807) is 0 Å². The van der Waals surface area contributed by atoms with Crippen molar-refractivity contribution in [3.63, 3.8) is 0 Å². The van der Waals surface area contributed by atoms with Crippen LogP contribution < -0.4 is 4.74 Å².